The molecule has 0 saturated carbocycles. The fraction of sp³-hybridized carbons (Fsp3) is 0. The van der Waals surface area contributed by atoms with Crippen LogP contribution < -0.4 is 0 Å². The molecule has 4 aromatic heterocycles. The van der Waals surface area contributed by atoms with Crippen LogP contribution in [0.4, 0.5) is 0 Å². The molecule has 12 rings (SSSR count). The molecule has 0 aliphatic heterocycles. The van der Waals surface area contributed by atoms with Crippen molar-refractivity contribution in [2.75, 3.05) is 0 Å². The number of hydrogen-bond acceptors (Lipinski definition) is 8. The smallest absolute Gasteiger partial charge is 0.168 e. The molecule has 4 heterocycles. The van der Waals surface area contributed by atoms with Gasteiger partial charge in [0.15, 0.2) is 34.9 Å². The van der Waals surface area contributed by atoms with Gasteiger partial charge in [-0.05, 0) is 41.5 Å². The van der Waals surface area contributed by atoms with Gasteiger partial charge in [-0.1, -0.05) is 164 Å². The SMILES string of the molecule is c1ccc(-c2nc(-c3ccccc3)nc(-c3c(-c4ccc5oc6cccc(-c7nc(-c8ccccc8)nc(-c8ccccc8)n7)c6c5c4)ccc4c3oc3ccccc34)n2)cc1. The Bertz CT molecular complexity index is 3510. The monoisotopic (exact) mass is 796 g/mol. The van der Waals surface area contributed by atoms with Gasteiger partial charge in [0.05, 0.1) is 5.56 Å². The van der Waals surface area contributed by atoms with Crippen LogP contribution in [0.5, 0.6) is 0 Å². The molecule has 0 radical (unpaired) electrons. The molecular formula is C54H32N6O2. The molecule has 8 aromatic carbocycles. The van der Waals surface area contributed by atoms with Gasteiger partial charge in [-0.2, -0.15) is 0 Å². The lowest BCUT2D eigenvalue weighted by molar-refractivity contribution is 0.669. The Balaban J connectivity index is 1.11. The van der Waals surface area contributed by atoms with Gasteiger partial charge in [0.2, 0.25) is 0 Å². The molecule has 12 aromatic rings. The lowest BCUT2D eigenvalue weighted by Gasteiger charge is -2.13. The number of nitrogens with zero attached hydrogens (tertiary/aromatic N) is 6. The van der Waals surface area contributed by atoms with Crippen molar-refractivity contribution in [3.8, 4) is 79.5 Å². The molecule has 8 heteroatoms. The summed E-state index contributed by atoms with van der Waals surface area (Å²) in [6.45, 7) is 0. The summed E-state index contributed by atoms with van der Waals surface area (Å²) in [5, 5.41) is 3.80. The van der Waals surface area contributed by atoms with Gasteiger partial charge in [-0.25, -0.2) is 29.9 Å². The minimum Gasteiger partial charge on any atom is -0.456 e. The molecule has 0 aliphatic rings. The zero-order valence-corrected chi connectivity index (χ0v) is 33.0. The standard InChI is InChI=1S/C54H32N6O2/c1-5-16-33(17-6-1)49-55-50(34-18-7-2-8-19-34)58-53(57-49)41-25-15-27-45-46(41)42-32-37(28-31-44(42)61-45)38-29-30-40-39-24-13-14-26-43(39)62-48(40)47(38)54-59-51(35-20-9-3-10-21-35)56-52(60-54)36-22-11-4-12-23-36/h1-32H. The van der Waals surface area contributed by atoms with Crippen LogP contribution in [0.3, 0.4) is 0 Å². The summed E-state index contributed by atoms with van der Waals surface area (Å²) >= 11 is 0. The molecule has 0 fully saturated rings. The van der Waals surface area contributed by atoms with Crippen LogP contribution in [-0.4, -0.2) is 29.9 Å². The van der Waals surface area contributed by atoms with Crippen molar-refractivity contribution >= 4 is 43.9 Å². The third kappa shape index (κ3) is 6.09. The molecular weight excluding hydrogens is 765 g/mol. The van der Waals surface area contributed by atoms with Crippen LogP contribution in [0, 0.1) is 0 Å². The number of aromatic nitrogens is 6. The van der Waals surface area contributed by atoms with E-state index in [1.54, 1.807) is 0 Å². The second kappa shape index (κ2) is 14.6. The van der Waals surface area contributed by atoms with Gasteiger partial charge in [0.25, 0.3) is 0 Å². The molecule has 0 aliphatic carbocycles. The minimum atomic E-state index is 0.502. The number of para-hydroxylation sites is 1. The molecule has 0 saturated heterocycles. The summed E-state index contributed by atoms with van der Waals surface area (Å²) < 4.78 is 13.3. The van der Waals surface area contributed by atoms with E-state index in [0.29, 0.717) is 40.5 Å². The normalized spacial score (nSPS) is 11.5. The Morgan fingerprint density at radius 3 is 1.34 bits per heavy atom. The second-order valence-corrected chi connectivity index (χ2v) is 15.0. The van der Waals surface area contributed by atoms with E-state index in [1.165, 1.54) is 0 Å². The Morgan fingerprint density at radius 2 is 0.758 bits per heavy atom. The van der Waals surface area contributed by atoms with Crippen LogP contribution in [-0.2, 0) is 0 Å². The summed E-state index contributed by atoms with van der Waals surface area (Å²) in [7, 11) is 0. The highest BCUT2D eigenvalue weighted by Gasteiger charge is 2.24. The predicted octanol–water partition coefficient (Wildman–Crippen LogP) is 13.5. The maximum absolute atomic E-state index is 6.76. The van der Waals surface area contributed by atoms with Crippen LogP contribution in [0.15, 0.2) is 203 Å². The van der Waals surface area contributed by atoms with E-state index in [-0.39, 0.29) is 0 Å². The Morgan fingerprint density at radius 1 is 0.274 bits per heavy atom. The Kier molecular flexibility index (Phi) is 8.31. The topological polar surface area (TPSA) is 104 Å². The van der Waals surface area contributed by atoms with Crippen molar-refractivity contribution < 1.29 is 8.83 Å². The van der Waals surface area contributed by atoms with Crippen molar-refractivity contribution in [2.24, 2.45) is 0 Å². The highest BCUT2D eigenvalue weighted by Crippen LogP contribution is 2.44. The molecule has 0 unspecified atom stereocenters. The summed E-state index contributed by atoms with van der Waals surface area (Å²) in [5.41, 5.74) is 9.93. The molecule has 8 nitrogen and oxygen atoms in total. The Labute approximate surface area is 354 Å². The van der Waals surface area contributed by atoms with E-state index in [1.807, 2.05) is 158 Å². The molecule has 0 N–H and O–H groups in total. The van der Waals surface area contributed by atoms with Gasteiger partial charge in [-0.15, -0.1) is 0 Å². The maximum Gasteiger partial charge on any atom is 0.168 e. The minimum absolute atomic E-state index is 0.502. The lowest BCUT2D eigenvalue weighted by Crippen LogP contribution is -2.01. The summed E-state index contributed by atoms with van der Waals surface area (Å²) in [4.78, 5) is 30.5. The van der Waals surface area contributed by atoms with Crippen molar-refractivity contribution in [2.45, 2.75) is 0 Å². The Hall–Kier alpha value is -8.62. The zero-order valence-electron chi connectivity index (χ0n) is 33.0. The van der Waals surface area contributed by atoms with Gasteiger partial charge >= 0.3 is 0 Å². The highest BCUT2D eigenvalue weighted by molar-refractivity contribution is 6.15. The van der Waals surface area contributed by atoms with Crippen LogP contribution >= 0.6 is 0 Å². The van der Waals surface area contributed by atoms with Crippen molar-refractivity contribution in [1.29, 1.82) is 0 Å². The number of furan rings is 2. The molecule has 0 spiro atoms. The maximum atomic E-state index is 6.76. The molecule has 290 valence electrons. The summed E-state index contributed by atoms with van der Waals surface area (Å²) in [6.07, 6.45) is 0. The van der Waals surface area contributed by atoms with E-state index in [4.69, 9.17) is 38.7 Å². The molecule has 0 amide bonds. The zero-order chi connectivity index (χ0) is 41.0. The number of benzene rings is 8. The first kappa shape index (κ1) is 35.3. The first-order valence-corrected chi connectivity index (χ1v) is 20.4. The van der Waals surface area contributed by atoms with Crippen molar-refractivity contribution in [3.05, 3.63) is 194 Å². The number of rotatable bonds is 7. The molecule has 0 atom stereocenters. The fourth-order valence-corrected chi connectivity index (χ4v) is 8.28. The largest absolute Gasteiger partial charge is 0.456 e. The lowest BCUT2D eigenvalue weighted by atomic mass is 9.94. The first-order valence-electron chi connectivity index (χ1n) is 20.4. The van der Waals surface area contributed by atoms with E-state index in [0.717, 1.165) is 82.8 Å². The highest BCUT2D eigenvalue weighted by atomic mass is 16.3. The number of hydrogen-bond donors (Lipinski definition) is 0. The quantitative estimate of drug-likeness (QED) is 0.157. The fourth-order valence-electron chi connectivity index (χ4n) is 8.28. The average molecular weight is 797 g/mol. The van der Waals surface area contributed by atoms with Crippen LogP contribution in [0.1, 0.15) is 0 Å². The molecule has 62 heavy (non-hydrogen) atoms. The summed E-state index contributed by atoms with van der Waals surface area (Å²) in [6, 6.07) is 64.7. The van der Waals surface area contributed by atoms with Crippen molar-refractivity contribution in [1.82, 2.24) is 29.9 Å². The number of fused-ring (bicyclic) bond motifs is 6. The van der Waals surface area contributed by atoms with Gasteiger partial charge in [0, 0.05) is 49.4 Å². The first-order chi connectivity index (χ1) is 30.7. The average Bonchev–Trinajstić information content (AvgIpc) is 3.93. The van der Waals surface area contributed by atoms with E-state index in [2.05, 4.69) is 36.4 Å². The van der Waals surface area contributed by atoms with Crippen LogP contribution in [0.2, 0.25) is 0 Å². The van der Waals surface area contributed by atoms with E-state index in [9.17, 15) is 0 Å². The van der Waals surface area contributed by atoms with E-state index >= 15 is 0 Å². The van der Waals surface area contributed by atoms with Gasteiger partial charge in [-0.3, -0.25) is 0 Å². The van der Waals surface area contributed by atoms with E-state index < -0.39 is 0 Å². The third-order valence-corrected chi connectivity index (χ3v) is 11.2. The van der Waals surface area contributed by atoms with Crippen molar-refractivity contribution in [3.63, 3.8) is 0 Å². The van der Waals surface area contributed by atoms with Gasteiger partial charge < -0.3 is 8.83 Å². The second-order valence-electron chi connectivity index (χ2n) is 15.0. The van der Waals surface area contributed by atoms with Crippen LogP contribution in [0.25, 0.3) is 123 Å². The van der Waals surface area contributed by atoms with Gasteiger partial charge in [0.1, 0.15) is 22.3 Å². The molecule has 0 bridgehead atoms. The summed E-state index contributed by atoms with van der Waals surface area (Å²) in [5.74, 6) is 3.36. The third-order valence-electron chi connectivity index (χ3n) is 11.2. The predicted molar refractivity (Wildman–Crippen MR) is 246 cm³/mol.